The Hall–Kier alpha value is -3.15. The maximum atomic E-state index is 12.5. The summed E-state index contributed by atoms with van der Waals surface area (Å²) in [6, 6.07) is 21.6. The Morgan fingerprint density at radius 3 is 2.30 bits per heavy atom. The van der Waals surface area contributed by atoms with Crippen LogP contribution in [0.15, 0.2) is 72.8 Å². The van der Waals surface area contributed by atoms with Crippen molar-refractivity contribution in [1.82, 2.24) is 0 Å². The molecule has 3 rings (SSSR count). The van der Waals surface area contributed by atoms with Crippen LogP contribution in [0.25, 0.3) is 11.1 Å². The lowest BCUT2D eigenvalue weighted by Crippen LogP contribution is -2.20. The fraction of sp³-hybridized carbons (Fsp3) is 0.143. The first-order chi connectivity index (χ1) is 12.9. The number of anilines is 1. The number of ether oxygens (including phenoxy) is 2. The van der Waals surface area contributed by atoms with Crippen LogP contribution in [0.2, 0.25) is 0 Å². The zero-order chi connectivity index (χ0) is 19.3. The van der Waals surface area contributed by atoms with E-state index in [9.17, 15) is 13.2 Å². The molecule has 0 unspecified atom stereocenters. The Morgan fingerprint density at radius 1 is 0.815 bits per heavy atom. The zero-order valence-electron chi connectivity index (χ0n) is 14.4. The van der Waals surface area contributed by atoms with Crippen molar-refractivity contribution < 1.29 is 22.6 Å². The molecule has 0 amide bonds. The smallest absolute Gasteiger partial charge is 0.422 e. The topological polar surface area (TPSA) is 44.5 Å². The highest BCUT2D eigenvalue weighted by atomic mass is 19.4. The van der Waals surface area contributed by atoms with E-state index in [0.29, 0.717) is 23.5 Å². The van der Waals surface area contributed by atoms with Gasteiger partial charge in [-0.2, -0.15) is 13.2 Å². The van der Waals surface area contributed by atoms with E-state index in [1.165, 1.54) is 6.07 Å². The van der Waals surface area contributed by atoms with E-state index in [1.807, 2.05) is 30.3 Å². The predicted octanol–water partition coefficient (Wildman–Crippen LogP) is 5.46. The molecule has 0 radical (unpaired) electrons. The molecule has 2 N–H and O–H groups in total. The number of halogens is 3. The van der Waals surface area contributed by atoms with E-state index in [1.54, 1.807) is 36.4 Å². The van der Waals surface area contributed by atoms with Gasteiger partial charge in [0.25, 0.3) is 0 Å². The lowest BCUT2D eigenvalue weighted by Gasteiger charge is -2.16. The van der Waals surface area contributed by atoms with Crippen LogP contribution < -0.4 is 15.2 Å². The molecule has 0 aliphatic heterocycles. The Morgan fingerprint density at radius 2 is 1.56 bits per heavy atom. The minimum atomic E-state index is -4.44. The number of nitrogen functional groups attached to an aromatic ring is 1. The first kappa shape index (κ1) is 18.6. The summed E-state index contributed by atoms with van der Waals surface area (Å²) in [4.78, 5) is 0. The molecule has 0 atom stereocenters. The fourth-order valence-electron chi connectivity index (χ4n) is 2.59. The number of alkyl halides is 3. The van der Waals surface area contributed by atoms with Crippen molar-refractivity contribution in [1.29, 1.82) is 0 Å². The highest BCUT2D eigenvalue weighted by Gasteiger charge is 2.29. The van der Waals surface area contributed by atoms with Crippen molar-refractivity contribution in [2.45, 2.75) is 12.8 Å². The van der Waals surface area contributed by atoms with E-state index >= 15 is 0 Å². The Balaban J connectivity index is 1.83. The maximum absolute atomic E-state index is 12.5. The molecule has 3 aromatic carbocycles. The number of rotatable bonds is 6. The van der Waals surface area contributed by atoms with Crippen LogP contribution in [0, 0.1) is 0 Å². The number of hydrogen-bond acceptors (Lipinski definition) is 3. The van der Waals surface area contributed by atoms with Gasteiger partial charge in [0.05, 0.1) is 5.69 Å². The van der Waals surface area contributed by atoms with Crippen molar-refractivity contribution in [3.8, 4) is 22.6 Å². The van der Waals surface area contributed by atoms with Crippen LogP contribution in [0.3, 0.4) is 0 Å². The van der Waals surface area contributed by atoms with Gasteiger partial charge in [-0.1, -0.05) is 54.6 Å². The summed E-state index contributed by atoms with van der Waals surface area (Å²) in [5.41, 5.74) is 8.13. The minimum Gasteiger partial charge on any atom is -0.489 e. The minimum absolute atomic E-state index is 0.00929. The fourth-order valence-corrected chi connectivity index (χ4v) is 2.59. The van der Waals surface area contributed by atoms with E-state index in [-0.39, 0.29) is 11.4 Å². The van der Waals surface area contributed by atoms with Crippen LogP contribution in [0.1, 0.15) is 5.56 Å². The first-order valence-corrected chi connectivity index (χ1v) is 8.27. The molecule has 140 valence electrons. The Kier molecular flexibility index (Phi) is 5.54. The van der Waals surface area contributed by atoms with E-state index < -0.39 is 12.8 Å². The van der Waals surface area contributed by atoms with Gasteiger partial charge >= 0.3 is 6.18 Å². The van der Waals surface area contributed by atoms with Gasteiger partial charge in [0.1, 0.15) is 18.1 Å². The van der Waals surface area contributed by atoms with Crippen molar-refractivity contribution >= 4 is 5.69 Å². The predicted molar refractivity (Wildman–Crippen MR) is 98.6 cm³/mol. The molecule has 27 heavy (non-hydrogen) atoms. The molecule has 3 aromatic rings. The standard InChI is InChI=1S/C21H18F3NO2/c22-21(23,24)14-27-20-18(10-5-11-19(20)25)16-8-4-9-17(12-16)26-13-15-6-2-1-3-7-15/h1-12H,13-14,25H2. The van der Waals surface area contributed by atoms with E-state index in [4.69, 9.17) is 15.2 Å². The van der Waals surface area contributed by atoms with Gasteiger partial charge < -0.3 is 15.2 Å². The molecule has 0 spiro atoms. The average molecular weight is 373 g/mol. The molecule has 0 aliphatic rings. The largest absolute Gasteiger partial charge is 0.489 e. The SMILES string of the molecule is Nc1cccc(-c2cccc(OCc3ccccc3)c2)c1OCC(F)(F)F. The quantitative estimate of drug-likeness (QED) is 0.584. The Labute approximate surface area is 155 Å². The summed E-state index contributed by atoms with van der Waals surface area (Å²) >= 11 is 0. The molecule has 0 bridgehead atoms. The maximum Gasteiger partial charge on any atom is 0.422 e. The highest BCUT2D eigenvalue weighted by molar-refractivity contribution is 5.77. The molecule has 0 aliphatic carbocycles. The van der Waals surface area contributed by atoms with Crippen molar-refractivity contribution in [2.24, 2.45) is 0 Å². The third-order valence-corrected chi connectivity index (χ3v) is 3.82. The summed E-state index contributed by atoms with van der Waals surface area (Å²) in [6.45, 7) is -1.02. The zero-order valence-corrected chi connectivity index (χ0v) is 14.4. The second-order valence-corrected chi connectivity index (χ2v) is 5.93. The summed E-state index contributed by atoms with van der Waals surface area (Å²) in [5, 5.41) is 0. The second-order valence-electron chi connectivity index (χ2n) is 5.93. The Bertz CT molecular complexity index is 895. The number of para-hydroxylation sites is 1. The molecule has 3 nitrogen and oxygen atoms in total. The van der Waals surface area contributed by atoms with Gasteiger partial charge in [0.15, 0.2) is 6.61 Å². The summed E-state index contributed by atoms with van der Waals surface area (Å²) in [6.07, 6.45) is -4.44. The van der Waals surface area contributed by atoms with Crippen LogP contribution in [-0.4, -0.2) is 12.8 Å². The third kappa shape index (κ3) is 5.17. The lowest BCUT2D eigenvalue weighted by atomic mass is 10.0. The molecule has 6 heteroatoms. The molecule has 0 saturated carbocycles. The van der Waals surface area contributed by atoms with Crippen molar-refractivity contribution in [3.05, 3.63) is 78.4 Å². The van der Waals surface area contributed by atoms with Crippen LogP contribution in [0.4, 0.5) is 18.9 Å². The summed E-state index contributed by atoms with van der Waals surface area (Å²) < 4.78 is 48.4. The molecule has 0 saturated heterocycles. The van der Waals surface area contributed by atoms with Gasteiger partial charge in [-0.05, 0) is 29.3 Å². The van der Waals surface area contributed by atoms with Gasteiger partial charge in [-0.15, -0.1) is 0 Å². The second kappa shape index (κ2) is 8.03. The summed E-state index contributed by atoms with van der Waals surface area (Å²) in [5.74, 6) is 0.607. The van der Waals surface area contributed by atoms with Crippen LogP contribution in [-0.2, 0) is 6.61 Å². The molecule has 0 fully saturated rings. The molecule has 0 aromatic heterocycles. The lowest BCUT2D eigenvalue weighted by molar-refractivity contribution is -0.153. The van der Waals surface area contributed by atoms with E-state index in [2.05, 4.69) is 0 Å². The van der Waals surface area contributed by atoms with Crippen LogP contribution in [0.5, 0.6) is 11.5 Å². The van der Waals surface area contributed by atoms with Crippen molar-refractivity contribution in [2.75, 3.05) is 12.3 Å². The third-order valence-electron chi connectivity index (χ3n) is 3.82. The van der Waals surface area contributed by atoms with Gasteiger partial charge in [-0.3, -0.25) is 0 Å². The monoisotopic (exact) mass is 373 g/mol. The number of nitrogens with two attached hydrogens (primary N) is 1. The van der Waals surface area contributed by atoms with Gasteiger partial charge in [-0.25, -0.2) is 0 Å². The number of benzene rings is 3. The molecule has 0 heterocycles. The van der Waals surface area contributed by atoms with Gasteiger partial charge in [0.2, 0.25) is 0 Å². The highest BCUT2D eigenvalue weighted by Crippen LogP contribution is 2.37. The van der Waals surface area contributed by atoms with E-state index in [0.717, 1.165) is 5.56 Å². The molecular formula is C21H18F3NO2. The summed E-state index contributed by atoms with van der Waals surface area (Å²) in [7, 11) is 0. The first-order valence-electron chi connectivity index (χ1n) is 8.27. The normalized spacial score (nSPS) is 11.2. The molecular weight excluding hydrogens is 355 g/mol. The number of hydrogen-bond donors (Lipinski definition) is 1. The van der Waals surface area contributed by atoms with Crippen molar-refractivity contribution in [3.63, 3.8) is 0 Å². The van der Waals surface area contributed by atoms with Gasteiger partial charge in [0, 0.05) is 5.56 Å². The average Bonchev–Trinajstić information content (AvgIpc) is 2.65. The van der Waals surface area contributed by atoms with Crippen LogP contribution >= 0.6 is 0 Å².